The first-order valence-electron chi connectivity index (χ1n) is 5.89. The minimum Gasteiger partial charge on any atom is -0.488 e. The molecule has 2 aromatic carbocycles. The van der Waals surface area contributed by atoms with Crippen LogP contribution in [0.15, 0.2) is 47.4 Å². The van der Waals surface area contributed by atoms with Crippen LogP contribution in [0.4, 0.5) is 0 Å². The number of rotatable bonds is 5. The molecule has 0 aromatic heterocycles. The van der Waals surface area contributed by atoms with Crippen LogP contribution in [0.2, 0.25) is 5.02 Å². The van der Waals surface area contributed by atoms with Gasteiger partial charge in [0.15, 0.2) is 0 Å². The van der Waals surface area contributed by atoms with Gasteiger partial charge in [-0.25, -0.2) is 4.79 Å². The molecule has 0 aliphatic rings. The second-order valence-corrected chi connectivity index (χ2v) is 5.31. The van der Waals surface area contributed by atoms with Gasteiger partial charge in [0.2, 0.25) is 0 Å². The number of carboxylic acid groups (broad SMARTS) is 1. The molecule has 104 valence electrons. The number of hydrogen-bond donors (Lipinski definition) is 1. The van der Waals surface area contributed by atoms with Crippen molar-refractivity contribution in [2.75, 3.05) is 6.26 Å². The molecule has 5 heteroatoms. The molecule has 1 N–H and O–H groups in total. The van der Waals surface area contributed by atoms with E-state index in [1.165, 1.54) is 12.1 Å². The molecular weight excluding hydrogens is 296 g/mol. The highest BCUT2D eigenvalue weighted by Crippen LogP contribution is 2.28. The van der Waals surface area contributed by atoms with Crippen LogP contribution in [0, 0.1) is 0 Å². The van der Waals surface area contributed by atoms with Crippen LogP contribution in [0.1, 0.15) is 15.9 Å². The van der Waals surface area contributed by atoms with Crippen molar-refractivity contribution >= 4 is 29.3 Å². The van der Waals surface area contributed by atoms with Crippen molar-refractivity contribution in [2.45, 2.75) is 11.5 Å². The van der Waals surface area contributed by atoms with Gasteiger partial charge in [0.05, 0.1) is 5.56 Å². The average molecular weight is 309 g/mol. The van der Waals surface area contributed by atoms with Crippen molar-refractivity contribution in [3.05, 3.63) is 58.6 Å². The van der Waals surface area contributed by atoms with Crippen LogP contribution in [-0.4, -0.2) is 17.3 Å². The predicted molar refractivity (Wildman–Crippen MR) is 81.0 cm³/mol. The van der Waals surface area contributed by atoms with Crippen LogP contribution in [-0.2, 0) is 6.61 Å². The summed E-state index contributed by atoms with van der Waals surface area (Å²) in [6, 6.07) is 12.4. The summed E-state index contributed by atoms with van der Waals surface area (Å²) in [7, 11) is 0. The highest BCUT2D eigenvalue weighted by atomic mass is 35.5. The first-order valence-corrected chi connectivity index (χ1v) is 7.49. The van der Waals surface area contributed by atoms with Crippen LogP contribution in [0.25, 0.3) is 0 Å². The Balaban J connectivity index is 2.13. The Labute approximate surface area is 126 Å². The lowest BCUT2D eigenvalue weighted by molar-refractivity contribution is 0.0697. The van der Waals surface area contributed by atoms with E-state index in [9.17, 15) is 4.79 Å². The predicted octanol–water partition coefficient (Wildman–Crippen LogP) is 4.34. The molecule has 0 aliphatic heterocycles. The zero-order valence-corrected chi connectivity index (χ0v) is 12.4. The van der Waals surface area contributed by atoms with E-state index in [2.05, 4.69) is 0 Å². The van der Waals surface area contributed by atoms with Gasteiger partial charge in [-0.05, 0) is 30.5 Å². The number of carbonyl (C=O) groups is 1. The van der Waals surface area contributed by atoms with Gasteiger partial charge in [-0.15, -0.1) is 11.8 Å². The van der Waals surface area contributed by atoms with Gasteiger partial charge in [-0.2, -0.15) is 0 Å². The van der Waals surface area contributed by atoms with Crippen molar-refractivity contribution in [2.24, 2.45) is 0 Å². The number of ether oxygens (including phenoxy) is 1. The summed E-state index contributed by atoms with van der Waals surface area (Å²) in [6.45, 7) is 0.302. The van der Waals surface area contributed by atoms with Gasteiger partial charge in [-0.1, -0.05) is 29.8 Å². The number of halogens is 1. The summed E-state index contributed by atoms with van der Waals surface area (Å²) in [5, 5.41) is 9.28. The Bertz CT molecular complexity index is 628. The summed E-state index contributed by atoms with van der Waals surface area (Å²) in [5.74, 6) is -0.203. The lowest BCUT2D eigenvalue weighted by Gasteiger charge is -2.11. The van der Waals surface area contributed by atoms with Crippen LogP contribution >= 0.6 is 23.4 Å². The van der Waals surface area contributed by atoms with Gasteiger partial charge in [0.25, 0.3) is 0 Å². The molecule has 0 fully saturated rings. The van der Waals surface area contributed by atoms with Crippen molar-refractivity contribution in [1.29, 1.82) is 0 Å². The third kappa shape index (κ3) is 3.46. The number of hydrogen-bond acceptors (Lipinski definition) is 3. The van der Waals surface area contributed by atoms with Crippen LogP contribution < -0.4 is 4.74 Å². The Morgan fingerprint density at radius 3 is 2.70 bits per heavy atom. The van der Waals surface area contributed by atoms with E-state index in [-0.39, 0.29) is 5.56 Å². The van der Waals surface area contributed by atoms with Gasteiger partial charge in [0, 0.05) is 15.5 Å². The molecule has 2 aromatic rings. The number of carboxylic acids is 1. The molecule has 20 heavy (non-hydrogen) atoms. The molecule has 0 radical (unpaired) electrons. The van der Waals surface area contributed by atoms with E-state index in [0.717, 1.165) is 16.2 Å². The lowest BCUT2D eigenvalue weighted by atomic mass is 10.1. The fourth-order valence-electron chi connectivity index (χ4n) is 1.69. The summed E-state index contributed by atoms with van der Waals surface area (Å²) in [5.41, 5.74) is 0.927. The molecule has 0 spiro atoms. The first-order chi connectivity index (χ1) is 9.61. The molecule has 0 unspecified atom stereocenters. The SMILES string of the molecule is CSc1ccccc1OCc1ccc(C(=O)O)cc1Cl. The lowest BCUT2D eigenvalue weighted by Crippen LogP contribution is -2.00. The van der Waals surface area contributed by atoms with Crippen LogP contribution in [0.3, 0.4) is 0 Å². The molecule has 0 bridgehead atoms. The Morgan fingerprint density at radius 1 is 1.30 bits per heavy atom. The van der Waals surface area contributed by atoms with E-state index in [4.69, 9.17) is 21.4 Å². The van der Waals surface area contributed by atoms with E-state index in [1.807, 2.05) is 30.5 Å². The van der Waals surface area contributed by atoms with Gasteiger partial charge in [0.1, 0.15) is 12.4 Å². The third-order valence-electron chi connectivity index (χ3n) is 2.75. The van der Waals surface area contributed by atoms with E-state index in [1.54, 1.807) is 17.8 Å². The zero-order valence-electron chi connectivity index (χ0n) is 10.8. The summed E-state index contributed by atoms with van der Waals surface area (Å²) >= 11 is 7.67. The smallest absolute Gasteiger partial charge is 0.335 e. The molecule has 0 amide bonds. The molecule has 3 nitrogen and oxygen atoms in total. The number of para-hydroxylation sites is 1. The first kappa shape index (κ1) is 14.8. The molecule has 0 aliphatic carbocycles. The van der Waals surface area contributed by atoms with Gasteiger partial charge in [-0.3, -0.25) is 0 Å². The van der Waals surface area contributed by atoms with E-state index >= 15 is 0 Å². The molecule has 0 heterocycles. The van der Waals surface area contributed by atoms with Crippen molar-refractivity contribution in [3.8, 4) is 5.75 Å². The second kappa shape index (κ2) is 6.68. The van der Waals surface area contributed by atoms with E-state index < -0.39 is 5.97 Å². The fourth-order valence-corrected chi connectivity index (χ4v) is 2.47. The summed E-state index contributed by atoms with van der Waals surface area (Å²) in [4.78, 5) is 11.9. The maximum absolute atomic E-state index is 10.8. The standard InChI is InChI=1S/C15H13ClO3S/c1-20-14-5-3-2-4-13(14)19-9-11-7-6-10(15(17)18)8-12(11)16/h2-8H,9H2,1H3,(H,17,18). The highest BCUT2D eigenvalue weighted by molar-refractivity contribution is 7.98. The fraction of sp³-hybridized carbons (Fsp3) is 0.133. The Kier molecular flexibility index (Phi) is 4.93. The quantitative estimate of drug-likeness (QED) is 0.835. The topological polar surface area (TPSA) is 46.5 Å². The Morgan fingerprint density at radius 2 is 2.05 bits per heavy atom. The number of benzene rings is 2. The number of aromatic carboxylic acids is 1. The largest absolute Gasteiger partial charge is 0.488 e. The second-order valence-electron chi connectivity index (χ2n) is 4.05. The maximum Gasteiger partial charge on any atom is 0.335 e. The zero-order chi connectivity index (χ0) is 14.5. The molecule has 0 saturated carbocycles. The van der Waals surface area contributed by atoms with Crippen molar-refractivity contribution in [3.63, 3.8) is 0 Å². The highest BCUT2D eigenvalue weighted by Gasteiger charge is 2.08. The number of thioether (sulfide) groups is 1. The van der Waals surface area contributed by atoms with Crippen LogP contribution in [0.5, 0.6) is 5.75 Å². The Hall–Kier alpha value is -1.65. The van der Waals surface area contributed by atoms with Gasteiger partial charge >= 0.3 is 5.97 Å². The maximum atomic E-state index is 10.8. The minimum atomic E-state index is -0.993. The van der Waals surface area contributed by atoms with Gasteiger partial charge < -0.3 is 9.84 Å². The summed E-state index contributed by atoms with van der Waals surface area (Å²) in [6.07, 6.45) is 1.98. The van der Waals surface area contributed by atoms with E-state index in [0.29, 0.717) is 11.6 Å². The van der Waals surface area contributed by atoms with Crippen molar-refractivity contribution < 1.29 is 14.6 Å². The average Bonchev–Trinajstić information content (AvgIpc) is 2.46. The molecular formula is C15H13ClO3S. The molecule has 2 rings (SSSR count). The normalized spacial score (nSPS) is 10.3. The summed E-state index contributed by atoms with van der Waals surface area (Å²) < 4.78 is 5.74. The third-order valence-corrected chi connectivity index (χ3v) is 3.88. The molecule has 0 atom stereocenters. The monoisotopic (exact) mass is 308 g/mol. The van der Waals surface area contributed by atoms with Crippen molar-refractivity contribution in [1.82, 2.24) is 0 Å². The minimum absolute atomic E-state index is 0.170. The molecule has 0 saturated heterocycles.